The summed E-state index contributed by atoms with van der Waals surface area (Å²) in [6.07, 6.45) is 0. The molecule has 0 atom stereocenters. The normalized spacial score (nSPS) is 10.9. The van der Waals surface area contributed by atoms with E-state index in [1.165, 1.54) is 16.6 Å². The molecule has 2 aromatic rings. The van der Waals surface area contributed by atoms with E-state index in [0.29, 0.717) is 0 Å². The number of fused-ring (bicyclic) bond motifs is 1. The van der Waals surface area contributed by atoms with Gasteiger partial charge in [0.15, 0.2) is 5.69 Å². The molecule has 2 rings (SSSR count). The first-order valence-corrected chi connectivity index (χ1v) is 6.59. The third-order valence-corrected chi connectivity index (χ3v) is 2.96. The number of aryl methyl sites for hydroxylation is 2. The summed E-state index contributed by atoms with van der Waals surface area (Å²) in [5.41, 5.74) is 2.58. The maximum absolute atomic E-state index is 9.33. The van der Waals surface area contributed by atoms with Crippen molar-refractivity contribution in [2.45, 2.75) is 6.92 Å². The molecule has 0 amide bonds. The van der Waals surface area contributed by atoms with E-state index in [0.717, 1.165) is 7.11 Å². The molecular formula is C12H16NO4S+. The van der Waals surface area contributed by atoms with Crippen LogP contribution in [0.25, 0.3) is 10.9 Å². The Morgan fingerprint density at radius 1 is 1.17 bits per heavy atom. The van der Waals surface area contributed by atoms with E-state index in [9.17, 15) is 8.42 Å². The highest BCUT2D eigenvalue weighted by Gasteiger charge is 2.05. The van der Waals surface area contributed by atoms with Crippen LogP contribution < -0.4 is 4.57 Å². The monoisotopic (exact) mass is 270 g/mol. The zero-order chi connectivity index (χ0) is 13.8. The SMILES string of the molecule is COS(=O)(=O)O.Cc1ccc2ccccc2[n+]1C. The van der Waals surface area contributed by atoms with Gasteiger partial charge in [0.2, 0.25) is 5.52 Å². The van der Waals surface area contributed by atoms with E-state index in [1.54, 1.807) is 0 Å². The van der Waals surface area contributed by atoms with Crippen molar-refractivity contribution < 1.29 is 21.7 Å². The lowest BCUT2D eigenvalue weighted by Gasteiger charge is -1.97. The number of hydrogen-bond donors (Lipinski definition) is 1. The molecule has 0 unspecified atom stereocenters. The summed E-state index contributed by atoms with van der Waals surface area (Å²) in [6, 6.07) is 12.7. The molecule has 0 spiro atoms. The summed E-state index contributed by atoms with van der Waals surface area (Å²) >= 11 is 0. The summed E-state index contributed by atoms with van der Waals surface area (Å²) in [6.45, 7) is 2.12. The first-order valence-electron chi connectivity index (χ1n) is 5.22. The van der Waals surface area contributed by atoms with Crippen molar-refractivity contribution in [3.63, 3.8) is 0 Å². The molecule has 0 saturated heterocycles. The Morgan fingerprint density at radius 3 is 2.28 bits per heavy atom. The van der Waals surface area contributed by atoms with Gasteiger partial charge in [0.1, 0.15) is 7.05 Å². The summed E-state index contributed by atoms with van der Waals surface area (Å²) in [5.74, 6) is 0. The molecule has 0 aliphatic carbocycles. The summed E-state index contributed by atoms with van der Waals surface area (Å²) in [4.78, 5) is 0. The minimum Gasteiger partial charge on any atom is -0.264 e. The second-order valence-electron chi connectivity index (χ2n) is 3.69. The Bertz CT molecular complexity index is 638. The van der Waals surface area contributed by atoms with Crippen LogP contribution >= 0.6 is 0 Å². The predicted molar refractivity (Wildman–Crippen MR) is 68.4 cm³/mol. The Kier molecular flexibility index (Phi) is 4.77. The molecule has 1 aromatic heterocycles. The standard InChI is InChI=1S/C11H12N.CH4O4S/c1-9-7-8-10-5-3-4-6-11(10)12(9)2;1-5-6(2,3)4/h3-8H,1-2H3;1H3,(H,2,3,4)/q+1;. The molecule has 5 nitrogen and oxygen atoms in total. The van der Waals surface area contributed by atoms with Crippen molar-refractivity contribution in [2.24, 2.45) is 7.05 Å². The fourth-order valence-corrected chi connectivity index (χ4v) is 1.45. The first kappa shape index (κ1) is 14.6. The molecule has 0 saturated carbocycles. The van der Waals surface area contributed by atoms with Crippen LogP contribution in [0.1, 0.15) is 5.69 Å². The van der Waals surface area contributed by atoms with E-state index in [2.05, 4.69) is 59.1 Å². The summed E-state index contributed by atoms with van der Waals surface area (Å²) < 4.78 is 31.9. The van der Waals surface area contributed by atoms with Gasteiger partial charge in [0, 0.05) is 24.4 Å². The molecule has 1 N–H and O–H groups in total. The second kappa shape index (κ2) is 5.90. The van der Waals surface area contributed by atoms with Crippen LogP contribution in [0.5, 0.6) is 0 Å². The van der Waals surface area contributed by atoms with Crippen LogP contribution in [0.3, 0.4) is 0 Å². The highest BCUT2D eigenvalue weighted by Crippen LogP contribution is 2.08. The van der Waals surface area contributed by atoms with Crippen LogP contribution in [0.2, 0.25) is 0 Å². The molecule has 6 heteroatoms. The van der Waals surface area contributed by atoms with Gasteiger partial charge in [-0.15, -0.1) is 0 Å². The fourth-order valence-electron chi connectivity index (χ4n) is 1.45. The van der Waals surface area contributed by atoms with Crippen LogP contribution in [0.15, 0.2) is 36.4 Å². The van der Waals surface area contributed by atoms with Gasteiger partial charge in [-0.05, 0) is 12.1 Å². The Hall–Kier alpha value is -1.50. The lowest BCUT2D eigenvalue weighted by Crippen LogP contribution is -2.32. The van der Waals surface area contributed by atoms with Crippen molar-refractivity contribution in [3.8, 4) is 0 Å². The Morgan fingerprint density at radius 2 is 1.72 bits per heavy atom. The number of para-hydroxylation sites is 1. The molecule has 18 heavy (non-hydrogen) atoms. The molecule has 0 aliphatic rings. The van der Waals surface area contributed by atoms with E-state index in [1.807, 2.05) is 0 Å². The first-order chi connectivity index (χ1) is 8.35. The molecule has 1 aromatic carbocycles. The van der Waals surface area contributed by atoms with E-state index in [-0.39, 0.29) is 0 Å². The van der Waals surface area contributed by atoms with Crippen LogP contribution in [-0.4, -0.2) is 20.1 Å². The van der Waals surface area contributed by atoms with Crippen LogP contribution in [0.4, 0.5) is 0 Å². The molecular weight excluding hydrogens is 254 g/mol. The largest absolute Gasteiger partial charge is 0.397 e. The highest BCUT2D eigenvalue weighted by atomic mass is 32.3. The number of aromatic nitrogens is 1. The van der Waals surface area contributed by atoms with Crippen molar-refractivity contribution >= 4 is 21.3 Å². The molecule has 0 fully saturated rings. The maximum Gasteiger partial charge on any atom is 0.397 e. The third-order valence-electron chi connectivity index (χ3n) is 2.54. The molecule has 0 aliphatic heterocycles. The smallest absolute Gasteiger partial charge is 0.264 e. The molecule has 98 valence electrons. The minimum absolute atomic E-state index is 0.870. The zero-order valence-electron chi connectivity index (χ0n) is 10.5. The Balaban J connectivity index is 0.000000232. The fraction of sp³-hybridized carbons (Fsp3) is 0.250. The second-order valence-corrected chi connectivity index (χ2v) is 4.88. The lowest BCUT2D eigenvalue weighted by molar-refractivity contribution is -0.651. The minimum atomic E-state index is -4.16. The van der Waals surface area contributed by atoms with Gasteiger partial charge in [-0.25, -0.2) is 0 Å². The van der Waals surface area contributed by atoms with E-state index < -0.39 is 10.4 Å². The van der Waals surface area contributed by atoms with E-state index >= 15 is 0 Å². The van der Waals surface area contributed by atoms with Gasteiger partial charge in [0.25, 0.3) is 0 Å². The van der Waals surface area contributed by atoms with Crippen molar-refractivity contribution in [1.82, 2.24) is 0 Å². The summed E-state index contributed by atoms with van der Waals surface area (Å²) in [5, 5.41) is 1.30. The quantitative estimate of drug-likeness (QED) is 0.628. The maximum atomic E-state index is 9.33. The van der Waals surface area contributed by atoms with Crippen molar-refractivity contribution in [3.05, 3.63) is 42.1 Å². The topological polar surface area (TPSA) is 67.5 Å². The molecule has 0 bridgehead atoms. The average Bonchev–Trinajstić information content (AvgIpc) is 2.34. The van der Waals surface area contributed by atoms with Gasteiger partial charge in [-0.1, -0.05) is 12.1 Å². The number of nitrogens with zero attached hydrogens (tertiary/aromatic N) is 1. The Labute approximate surface area is 107 Å². The van der Waals surface area contributed by atoms with Gasteiger partial charge in [-0.2, -0.15) is 13.0 Å². The van der Waals surface area contributed by atoms with Crippen molar-refractivity contribution in [1.29, 1.82) is 0 Å². The van der Waals surface area contributed by atoms with Gasteiger partial charge < -0.3 is 0 Å². The van der Waals surface area contributed by atoms with Crippen LogP contribution in [0, 0.1) is 6.92 Å². The summed E-state index contributed by atoms with van der Waals surface area (Å²) in [7, 11) is -1.20. The number of benzene rings is 1. The zero-order valence-corrected chi connectivity index (χ0v) is 11.3. The van der Waals surface area contributed by atoms with Gasteiger partial charge in [0.05, 0.1) is 7.11 Å². The van der Waals surface area contributed by atoms with Gasteiger partial charge in [-0.3, -0.25) is 8.74 Å². The predicted octanol–water partition coefficient (Wildman–Crippen LogP) is 1.41. The third kappa shape index (κ3) is 4.06. The van der Waals surface area contributed by atoms with Crippen molar-refractivity contribution in [2.75, 3.05) is 7.11 Å². The molecule has 1 heterocycles. The average molecular weight is 270 g/mol. The lowest BCUT2D eigenvalue weighted by atomic mass is 10.2. The number of hydrogen-bond acceptors (Lipinski definition) is 3. The van der Waals surface area contributed by atoms with Crippen LogP contribution in [-0.2, 0) is 21.6 Å². The highest BCUT2D eigenvalue weighted by molar-refractivity contribution is 7.80. The molecule has 0 radical (unpaired) electrons. The number of rotatable bonds is 1. The number of pyridine rings is 1. The van der Waals surface area contributed by atoms with E-state index in [4.69, 9.17) is 4.55 Å². The van der Waals surface area contributed by atoms with Gasteiger partial charge >= 0.3 is 10.4 Å².